The van der Waals surface area contributed by atoms with Gasteiger partial charge in [0.1, 0.15) is 0 Å². The summed E-state index contributed by atoms with van der Waals surface area (Å²) in [7, 11) is 0. The highest BCUT2D eigenvalue weighted by Gasteiger charge is 2.24. The van der Waals surface area contributed by atoms with Crippen molar-refractivity contribution in [3.05, 3.63) is 28.0 Å². The maximum atomic E-state index is 14.2. The van der Waals surface area contributed by atoms with Gasteiger partial charge < -0.3 is 15.2 Å². The molecular weight excluding hydrogens is 365 g/mol. The van der Waals surface area contributed by atoms with Crippen LogP contribution in [-0.2, 0) is 16.0 Å². The molecular formula is C17H25BrFNO3. The summed E-state index contributed by atoms with van der Waals surface area (Å²) in [4.78, 5) is 11.6. The van der Waals surface area contributed by atoms with Crippen LogP contribution in [0, 0.1) is 11.2 Å². The van der Waals surface area contributed by atoms with Gasteiger partial charge in [0.2, 0.25) is 0 Å². The van der Waals surface area contributed by atoms with E-state index in [1.54, 1.807) is 6.92 Å². The quantitative estimate of drug-likeness (QED) is 0.514. The second-order valence-corrected chi connectivity index (χ2v) is 7.06. The summed E-state index contributed by atoms with van der Waals surface area (Å²) in [6.07, 6.45) is 1.51. The summed E-state index contributed by atoms with van der Waals surface area (Å²) in [5.74, 6) is -0.456. The molecule has 0 radical (unpaired) electrons. The molecule has 0 aliphatic rings. The van der Waals surface area contributed by atoms with Crippen LogP contribution in [-0.4, -0.2) is 25.7 Å². The molecule has 23 heavy (non-hydrogen) atoms. The van der Waals surface area contributed by atoms with E-state index in [4.69, 9.17) is 15.2 Å². The molecule has 0 aromatic heterocycles. The Morgan fingerprint density at radius 2 is 2.09 bits per heavy atom. The first-order valence-corrected chi connectivity index (χ1v) is 8.54. The van der Waals surface area contributed by atoms with Crippen LogP contribution in [0.25, 0.3) is 0 Å². The Balaban J connectivity index is 2.79. The highest BCUT2D eigenvalue weighted by molar-refractivity contribution is 9.10. The van der Waals surface area contributed by atoms with Gasteiger partial charge in [0.25, 0.3) is 0 Å². The Morgan fingerprint density at radius 1 is 1.39 bits per heavy atom. The third-order valence-electron chi connectivity index (χ3n) is 3.26. The highest BCUT2D eigenvalue weighted by Crippen LogP contribution is 2.33. The molecule has 0 fully saturated rings. The van der Waals surface area contributed by atoms with Crippen molar-refractivity contribution in [1.29, 1.82) is 0 Å². The topological polar surface area (TPSA) is 61.5 Å². The molecule has 2 N–H and O–H groups in total. The van der Waals surface area contributed by atoms with Gasteiger partial charge in [-0.25, -0.2) is 4.39 Å². The summed E-state index contributed by atoms with van der Waals surface area (Å²) in [5, 5.41) is 0. The van der Waals surface area contributed by atoms with Crippen molar-refractivity contribution in [2.24, 2.45) is 11.1 Å². The van der Waals surface area contributed by atoms with E-state index in [0.717, 1.165) is 5.56 Å². The van der Waals surface area contributed by atoms with E-state index in [-0.39, 0.29) is 23.6 Å². The van der Waals surface area contributed by atoms with Gasteiger partial charge in [-0.15, -0.1) is 0 Å². The van der Waals surface area contributed by atoms with E-state index >= 15 is 0 Å². The number of esters is 1. The van der Waals surface area contributed by atoms with E-state index in [9.17, 15) is 9.18 Å². The predicted molar refractivity (Wildman–Crippen MR) is 92.0 cm³/mol. The monoisotopic (exact) mass is 389 g/mol. The molecule has 6 heteroatoms. The Kier molecular flexibility index (Phi) is 7.99. The first-order valence-electron chi connectivity index (χ1n) is 7.75. The summed E-state index contributed by atoms with van der Waals surface area (Å²) in [5.41, 5.74) is 5.88. The van der Waals surface area contributed by atoms with Crippen LogP contribution in [0.3, 0.4) is 0 Å². The number of nitrogens with two attached hydrogens (primary N) is 1. The van der Waals surface area contributed by atoms with Crippen molar-refractivity contribution in [2.45, 2.75) is 40.0 Å². The number of halogens is 2. The molecule has 0 aliphatic heterocycles. The second-order valence-electron chi connectivity index (χ2n) is 6.20. The van der Waals surface area contributed by atoms with Crippen LogP contribution in [0.5, 0.6) is 5.75 Å². The van der Waals surface area contributed by atoms with Crippen molar-refractivity contribution in [1.82, 2.24) is 0 Å². The standard InChI is InChI=1S/C17H25BrFNO3/c1-4-22-15(21)11-17(2,3)10-12-8-13(18)16(14(19)9-12)23-7-5-6-20/h8-9H,4-7,10-11,20H2,1-3H3. The summed E-state index contributed by atoms with van der Waals surface area (Å²) in [6, 6.07) is 3.28. The largest absolute Gasteiger partial charge is 0.489 e. The molecule has 0 aliphatic carbocycles. The molecule has 0 bridgehead atoms. The molecule has 0 heterocycles. The minimum Gasteiger partial charge on any atom is -0.489 e. The normalized spacial score (nSPS) is 11.4. The molecule has 4 nitrogen and oxygen atoms in total. The van der Waals surface area contributed by atoms with Gasteiger partial charge in [-0.05, 0) is 65.4 Å². The summed E-state index contributed by atoms with van der Waals surface area (Å²) < 4.78 is 25.2. The lowest BCUT2D eigenvalue weighted by Crippen LogP contribution is -2.21. The lowest BCUT2D eigenvalue weighted by atomic mass is 9.82. The SMILES string of the molecule is CCOC(=O)CC(C)(C)Cc1cc(F)c(OCCCN)c(Br)c1. The fraction of sp³-hybridized carbons (Fsp3) is 0.588. The summed E-state index contributed by atoms with van der Waals surface area (Å²) in [6.45, 7) is 6.94. The number of benzene rings is 1. The van der Waals surface area contributed by atoms with Crippen LogP contribution in [0.4, 0.5) is 4.39 Å². The third kappa shape index (κ3) is 6.87. The lowest BCUT2D eigenvalue weighted by Gasteiger charge is -2.24. The van der Waals surface area contributed by atoms with Crippen LogP contribution >= 0.6 is 15.9 Å². The third-order valence-corrected chi connectivity index (χ3v) is 3.85. The van der Waals surface area contributed by atoms with E-state index in [2.05, 4.69) is 15.9 Å². The van der Waals surface area contributed by atoms with Crippen LogP contribution < -0.4 is 10.5 Å². The minimum atomic E-state index is -0.418. The molecule has 130 valence electrons. The molecule has 0 saturated carbocycles. The van der Waals surface area contributed by atoms with Gasteiger partial charge in [0.15, 0.2) is 11.6 Å². The first kappa shape index (κ1) is 19.9. The van der Waals surface area contributed by atoms with E-state index < -0.39 is 5.82 Å². The van der Waals surface area contributed by atoms with Gasteiger partial charge in [0, 0.05) is 0 Å². The molecule has 0 spiro atoms. The molecule has 0 amide bonds. The smallest absolute Gasteiger partial charge is 0.306 e. The van der Waals surface area contributed by atoms with Crippen LogP contribution in [0.15, 0.2) is 16.6 Å². The average molecular weight is 390 g/mol. The molecule has 0 unspecified atom stereocenters. The van der Waals surface area contributed by atoms with Gasteiger partial charge in [-0.1, -0.05) is 13.8 Å². The predicted octanol–water partition coefficient (Wildman–Crippen LogP) is 3.84. The van der Waals surface area contributed by atoms with E-state index in [1.807, 2.05) is 19.9 Å². The zero-order chi connectivity index (χ0) is 17.5. The number of carbonyl (C=O) groups is 1. The maximum absolute atomic E-state index is 14.2. The summed E-state index contributed by atoms with van der Waals surface area (Å²) >= 11 is 3.35. The molecule has 0 saturated heterocycles. The average Bonchev–Trinajstić information content (AvgIpc) is 2.40. The fourth-order valence-electron chi connectivity index (χ4n) is 2.33. The first-order chi connectivity index (χ1) is 10.8. The van der Waals surface area contributed by atoms with Crippen molar-refractivity contribution >= 4 is 21.9 Å². The van der Waals surface area contributed by atoms with Crippen molar-refractivity contribution in [2.75, 3.05) is 19.8 Å². The van der Waals surface area contributed by atoms with Gasteiger partial charge in [0.05, 0.1) is 24.1 Å². The number of hydrogen-bond acceptors (Lipinski definition) is 4. The maximum Gasteiger partial charge on any atom is 0.306 e. The zero-order valence-corrected chi connectivity index (χ0v) is 15.5. The second kappa shape index (κ2) is 9.23. The molecule has 1 rings (SSSR count). The Bertz CT molecular complexity index is 512. The van der Waals surface area contributed by atoms with Crippen LogP contribution in [0.1, 0.15) is 39.2 Å². The van der Waals surface area contributed by atoms with E-state index in [1.165, 1.54) is 6.07 Å². The zero-order valence-electron chi connectivity index (χ0n) is 14.0. The fourth-order valence-corrected chi connectivity index (χ4v) is 2.93. The van der Waals surface area contributed by atoms with Crippen molar-refractivity contribution < 1.29 is 18.7 Å². The van der Waals surface area contributed by atoms with Crippen LogP contribution in [0.2, 0.25) is 0 Å². The molecule has 0 atom stereocenters. The lowest BCUT2D eigenvalue weighted by molar-refractivity contribution is -0.145. The minimum absolute atomic E-state index is 0.199. The van der Waals surface area contributed by atoms with Gasteiger partial charge in [-0.2, -0.15) is 0 Å². The van der Waals surface area contributed by atoms with Crippen molar-refractivity contribution in [3.63, 3.8) is 0 Å². The number of ether oxygens (including phenoxy) is 2. The Hall–Kier alpha value is -1.14. The highest BCUT2D eigenvalue weighted by atomic mass is 79.9. The number of rotatable bonds is 9. The molecule has 1 aromatic carbocycles. The molecule has 1 aromatic rings. The van der Waals surface area contributed by atoms with Crippen molar-refractivity contribution in [3.8, 4) is 5.75 Å². The van der Waals surface area contributed by atoms with Gasteiger partial charge in [-0.3, -0.25) is 4.79 Å². The number of carbonyl (C=O) groups excluding carboxylic acids is 1. The van der Waals surface area contributed by atoms with E-state index in [0.29, 0.717) is 37.1 Å². The number of hydrogen-bond donors (Lipinski definition) is 1. The van der Waals surface area contributed by atoms with Gasteiger partial charge >= 0.3 is 5.97 Å². The Morgan fingerprint density at radius 3 is 2.65 bits per heavy atom. The Labute approximate surface area is 145 Å².